The van der Waals surface area contributed by atoms with Gasteiger partial charge in [0.1, 0.15) is 12.7 Å². The molecule has 6 heteroatoms. The van der Waals surface area contributed by atoms with Gasteiger partial charge in [0.05, 0.1) is 5.76 Å². The molecule has 0 unspecified atom stereocenters. The van der Waals surface area contributed by atoms with Gasteiger partial charge in [-0.2, -0.15) is 23.3 Å². The van der Waals surface area contributed by atoms with Gasteiger partial charge in [-0.1, -0.05) is 34.9 Å². The van der Waals surface area contributed by atoms with Crippen LogP contribution in [0.25, 0.3) is 16.8 Å². The summed E-state index contributed by atoms with van der Waals surface area (Å²) in [6, 6.07) is 15.7. The van der Waals surface area contributed by atoms with Gasteiger partial charge in [0, 0.05) is 27.1 Å². The number of hydrogen-bond donors (Lipinski definition) is 1. The van der Waals surface area contributed by atoms with Crippen LogP contribution >= 0.6 is 0 Å². The van der Waals surface area contributed by atoms with Crippen LogP contribution in [-0.4, -0.2) is 25.7 Å². The van der Waals surface area contributed by atoms with E-state index in [9.17, 15) is 4.79 Å². The summed E-state index contributed by atoms with van der Waals surface area (Å²) in [5.41, 5.74) is 5.92. The Balaban J connectivity index is 0.000000395. The number of aromatic nitrogens is 3. The van der Waals surface area contributed by atoms with Crippen molar-refractivity contribution < 1.29 is 31.0 Å². The van der Waals surface area contributed by atoms with Gasteiger partial charge in [0.2, 0.25) is 0 Å². The molecule has 0 saturated carbocycles. The first kappa shape index (κ1) is 22.5. The van der Waals surface area contributed by atoms with Crippen LogP contribution in [0, 0.1) is 19.9 Å². The van der Waals surface area contributed by atoms with Crippen molar-refractivity contribution in [1.29, 1.82) is 0 Å². The number of benzene rings is 2. The van der Waals surface area contributed by atoms with Crippen LogP contribution in [0.2, 0.25) is 0 Å². The average Bonchev–Trinajstić information content (AvgIpc) is 3.09. The van der Waals surface area contributed by atoms with Gasteiger partial charge in [-0.25, -0.2) is 9.67 Å². The first-order valence-electron chi connectivity index (χ1n) is 8.19. The zero-order chi connectivity index (χ0) is 19.1. The zero-order valence-electron chi connectivity index (χ0n) is 15.7. The maximum atomic E-state index is 10.0. The van der Waals surface area contributed by atoms with E-state index in [1.54, 1.807) is 11.0 Å². The Labute approximate surface area is 174 Å². The first-order valence-corrected chi connectivity index (χ1v) is 8.19. The van der Waals surface area contributed by atoms with Crippen LogP contribution in [0.1, 0.15) is 25.0 Å². The van der Waals surface area contributed by atoms with E-state index >= 15 is 0 Å². The van der Waals surface area contributed by atoms with Crippen LogP contribution in [0.4, 0.5) is 0 Å². The number of carbonyl (C=O) groups excluding carboxylic acids is 1. The monoisotopic (exact) mass is 543 g/mol. The molecule has 0 amide bonds. The second-order valence-corrected chi connectivity index (χ2v) is 5.97. The Morgan fingerprint density at radius 2 is 1.81 bits per heavy atom. The van der Waals surface area contributed by atoms with Gasteiger partial charge in [-0.15, -0.1) is 11.6 Å². The molecule has 2 aromatic carbocycles. The van der Waals surface area contributed by atoms with Crippen LogP contribution in [-0.2, 0) is 25.9 Å². The molecule has 0 saturated heterocycles. The third kappa shape index (κ3) is 6.61. The van der Waals surface area contributed by atoms with Gasteiger partial charge in [0.15, 0.2) is 5.78 Å². The van der Waals surface area contributed by atoms with E-state index < -0.39 is 0 Å². The summed E-state index contributed by atoms with van der Waals surface area (Å²) in [6.07, 6.45) is 4.36. The van der Waals surface area contributed by atoms with Crippen molar-refractivity contribution in [1.82, 2.24) is 14.8 Å². The summed E-state index contributed by atoms with van der Waals surface area (Å²) in [5.74, 6) is -0.0625. The summed E-state index contributed by atoms with van der Waals surface area (Å²) in [5, 5.41) is 12.5. The normalized spacial score (nSPS) is 10.4. The predicted molar refractivity (Wildman–Crippen MR) is 102 cm³/mol. The minimum Gasteiger partial charge on any atom is -0.512 e. The number of carbonyl (C=O) groups is 1. The molecule has 3 rings (SSSR count). The van der Waals surface area contributed by atoms with E-state index in [2.05, 4.69) is 54.3 Å². The molecule has 1 N–H and O–H groups in total. The SMILES string of the molecule is CC(=O)/C=C(/C)O.Cc1cccc(C)c1-c1c[c-]c(-n2cncn2)cc1.[Pt]. The van der Waals surface area contributed by atoms with Crippen molar-refractivity contribution in [2.45, 2.75) is 27.7 Å². The summed E-state index contributed by atoms with van der Waals surface area (Å²) in [6.45, 7) is 7.11. The Kier molecular flexibility index (Phi) is 8.83. The quantitative estimate of drug-likeness (QED) is 0.303. The number of aryl methyl sites for hydroxylation is 2. The average molecular weight is 544 g/mol. The van der Waals surface area contributed by atoms with Crippen LogP contribution in [0.3, 0.4) is 0 Å². The molecule has 0 fully saturated rings. The summed E-state index contributed by atoms with van der Waals surface area (Å²) < 4.78 is 1.70. The molecule has 0 aliphatic rings. The molecular weight excluding hydrogens is 521 g/mol. The molecule has 1 aromatic heterocycles. The molecule has 0 atom stereocenters. The van der Waals surface area contributed by atoms with Crippen LogP contribution < -0.4 is 0 Å². The number of hydrogen-bond acceptors (Lipinski definition) is 4. The molecule has 0 bridgehead atoms. The second-order valence-electron chi connectivity index (χ2n) is 5.97. The molecule has 27 heavy (non-hydrogen) atoms. The molecule has 0 aliphatic heterocycles. The van der Waals surface area contributed by atoms with Crippen LogP contribution in [0.5, 0.6) is 0 Å². The minimum atomic E-state index is -0.125. The number of aliphatic hydroxyl groups is 1. The standard InChI is InChI=1S/C16H14N3.C5H8O2.Pt/c1-12-4-3-5-13(2)16(12)14-6-8-15(9-7-14)19-11-17-10-18-19;1-4(6)3-5(2)7;/h3-8,10-11H,1-2H3;3,6H,1-2H3;/q-1;;/b;4-3-;. The van der Waals surface area contributed by atoms with Crippen molar-refractivity contribution >= 4 is 5.78 Å². The molecule has 5 nitrogen and oxygen atoms in total. The second kappa shape index (κ2) is 10.6. The van der Waals surface area contributed by atoms with E-state index in [1.165, 1.54) is 48.5 Å². The number of allylic oxidation sites excluding steroid dienone is 2. The smallest absolute Gasteiger partial charge is 0.155 e. The molecule has 144 valence electrons. The van der Waals surface area contributed by atoms with Crippen molar-refractivity contribution in [2.24, 2.45) is 0 Å². The number of nitrogens with zero attached hydrogens (tertiary/aromatic N) is 3. The van der Waals surface area contributed by atoms with Crippen molar-refractivity contribution in [3.8, 4) is 16.8 Å². The topological polar surface area (TPSA) is 68.0 Å². The summed E-state index contributed by atoms with van der Waals surface area (Å²) in [4.78, 5) is 14.0. The molecule has 0 spiro atoms. The van der Waals surface area contributed by atoms with Gasteiger partial charge < -0.3 is 5.11 Å². The minimum absolute atomic E-state index is 0. The van der Waals surface area contributed by atoms with Crippen molar-refractivity contribution in [2.75, 3.05) is 0 Å². The van der Waals surface area contributed by atoms with Gasteiger partial charge in [0.25, 0.3) is 0 Å². The molecular formula is C21H22N3O2Pt-. The van der Waals surface area contributed by atoms with E-state index in [0.29, 0.717) is 0 Å². The Bertz CT molecular complexity index is 877. The summed E-state index contributed by atoms with van der Waals surface area (Å²) >= 11 is 0. The number of aliphatic hydroxyl groups excluding tert-OH is 1. The first-order chi connectivity index (χ1) is 12.4. The maximum absolute atomic E-state index is 10.0. The third-order valence-electron chi connectivity index (χ3n) is 3.64. The largest absolute Gasteiger partial charge is 0.512 e. The van der Waals surface area contributed by atoms with Crippen molar-refractivity contribution in [3.63, 3.8) is 0 Å². The van der Waals surface area contributed by atoms with E-state index in [-0.39, 0.29) is 32.6 Å². The number of ketones is 1. The Morgan fingerprint density at radius 3 is 2.22 bits per heavy atom. The maximum Gasteiger partial charge on any atom is 0.155 e. The zero-order valence-corrected chi connectivity index (χ0v) is 18.0. The fourth-order valence-corrected chi connectivity index (χ4v) is 2.61. The van der Waals surface area contributed by atoms with Gasteiger partial charge in [-0.05, 0) is 33.4 Å². The Hall–Kier alpha value is -2.52. The van der Waals surface area contributed by atoms with Crippen LogP contribution in [0.15, 0.2) is 60.9 Å². The van der Waals surface area contributed by atoms with E-state index in [1.807, 2.05) is 12.1 Å². The third-order valence-corrected chi connectivity index (χ3v) is 3.64. The van der Waals surface area contributed by atoms with E-state index in [4.69, 9.17) is 5.11 Å². The molecule has 3 aromatic rings. The fourth-order valence-electron chi connectivity index (χ4n) is 2.61. The van der Waals surface area contributed by atoms with Crippen molar-refractivity contribution in [3.05, 3.63) is 78.1 Å². The fraction of sp³-hybridized carbons (Fsp3) is 0.190. The Morgan fingerprint density at radius 1 is 1.15 bits per heavy atom. The van der Waals surface area contributed by atoms with Gasteiger partial charge >= 0.3 is 0 Å². The van der Waals surface area contributed by atoms with E-state index in [0.717, 1.165) is 5.69 Å². The molecule has 1 heterocycles. The molecule has 0 aliphatic carbocycles. The predicted octanol–water partition coefficient (Wildman–Crippen LogP) is 4.39. The summed E-state index contributed by atoms with van der Waals surface area (Å²) in [7, 11) is 0. The van der Waals surface area contributed by atoms with Gasteiger partial charge in [-0.3, -0.25) is 4.79 Å². The number of rotatable bonds is 3. The molecule has 0 radical (unpaired) electrons.